The highest BCUT2D eigenvalue weighted by molar-refractivity contribution is 5.94. The minimum Gasteiger partial charge on any atom is -0.361 e. The summed E-state index contributed by atoms with van der Waals surface area (Å²) in [5, 5.41) is 6.33. The van der Waals surface area contributed by atoms with Gasteiger partial charge in [0.15, 0.2) is 0 Å². The van der Waals surface area contributed by atoms with E-state index in [2.05, 4.69) is 10.5 Å². The van der Waals surface area contributed by atoms with Crippen LogP contribution in [0.25, 0.3) is 0 Å². The van der Waals surface area contributed by atoms with Crippen molar-refractivity contribution >= 4 is 5.91 Å². The number of carbonyl (C=O) groups excluding carboxylic acids is 1. The lowest BCUT2D eigenvalue weighted by atomic mass is 10.1. The largest absolute Gasteiger partial charge is 0.361 e. The summed E-state index contributed by atoms with van der Waals surface area (Å²) in [4.78, 5) is 11.8. The lowest BCUT2D eigenvalue weighted by Crippen LogP contribution is -2.24. The Morgan fingerprint density at radius 3 is 2.89 bits per heavy atom. The van der Waals surface area contributed by atoms with Crippen LogP contribution >= 0.6 is 0 Å². The lowest BCUT2D eigenvalue weighted by Gasteiger charge is -2.05. The molecule has 18 heavy (non-hydrogen) atoms. The van der Waals surface area contributed by atoms with Crippen molar-refractivity contribution < 1.29 is 13.7 Å². The normalized spacial score (nSPS) is 10.4. The molecule has 0 saturated heterocycles. The third-order valence-electron chi connectivity index (χ3n) is 2.54. The van der Waals surface area contributed by atoms with Gasteiger partial charge < -0.3 is 9.84 Å². The van der Waals surface area contributed by atoms with Gasteiger partial charge in [-0.25, -0.2) is 4.39 Å². The first-order valence-corrected chi connectivity index (χ1v) is 5.53. The molecule has 2 aromatic rings. The Labute approximate surface area is 104 Å². The van der Waals surface area contributed by atoms with Crippen LogP contribution in [0.4, 0.5) is 4.39 Å². The molecule has 0 radical (unpaired) electrons. The maximum Gasteiger partial charge on any atom is 0.254 e. The van der Waals surface area contributed by atoms with E-state index in [-0.39, 0.29) is 12.1 Å². The quantitative estimate of drug-likeness (QED) is 0.907. The summed E-state index contributed by atoms with van der Waals surface area (Å²) < 4.78 is 18.6. The Balaban J connectivity index is 2.06. The van der Waals surface area contributed by atoms with E-state index in [1.807, 2.05) is 0 Å². The summed E-state index contributed by atoms with van der Waals surface area (Å²) in [7, 11) is 0. The molecule has 0 unspecified atom stereocenters. The molecule has 5 heteroatoms. The van der Waals surface area contributed by atoms with Gasteiger partial charge >= 0.3 is 0 Å². The number of hydrogen-bond acceptors (Lipinski definition) is 3. The van der Waals surface area contributed by atoms with Crippen LogP contribution in [0.15, 0.2) is 28.8 Å². The number of benzene rings is 1. The maximum absolute atomic E-state index is 13.7. The van der Waals surface area contributed by atoms with Crippen LogP contribution in [-0.2, 0) is 6.54 Å². The van der Waals surface area contributed by atoms with Gasteiger partial charge in [-0.3, -0.25) is 4.79 Å². The molecule has 0 bridgehead atoms. The molecule has 1 N–H and O–H groups in total. The number of carbonyl (C=O) groups is 1. The Morgan fingerprint density at radius 1 is 1.44 bits per heavy atom. The number of hydrogen-bond donors (Lipinski definition) is 1. The van der Waals surface area contributed by atoms with E-state index < -0.39 is 11.7 Å². The smallest absolute Gasteiger partial charge is 0.254 e. The zero-order chi connectivity index (χ0) is 13.1. The van der Waals surface area contributed by atoms with E-state index in [0.29, 0.717) is 17.0 Å². The summed E-state index contributed by atoms with van der Waals surface area (Å²) >= 11 is 0. The fraction of sp³-hybridized carbons (Fsp3) is 0.231. The molecule has 0 saturated carbocycles. The first-order chi connectivity index (χ1) is 8.58. The average Bonchev–Trinajstić information content (AvgIpc) is 2.76. The van der Waals surface area contributed by atoms with Crippen molar-refractivity contribution in [2.45, 2.75) is 20.4 Å². The van der Waals surface area contributed by atoms with Crippen molar-refractivity contribution in [3.63, 3.8) is 0 Å². The van der Waals surface area contributed by atoms with Gasteiger partial charge in [0.25, 0.3) is 5.91 Å². The van der Waals surface area contributed by atoms with Crippen molar-refractivity contribution in [3.05, 3.63) is 52.7 Å². The van der Waals surface area contributed by atoms with Gasteiger partial charge in [-0.2, -0.15) is 0 Å². The summed E-state index contributed by atoms with van der Waals surface area (Å²) in [5.74, 6) is -0.288. The van der Waals surface area contributed by atoms with E-state index >= 15 is 0 Å². The minimum atomic E-state index is -0.494. The van der Waals surface area contributed by atoms with Crippen molar-refractivity contribution in [2.75, 3.05) is 0 Å². The first kappa shape index (κ1) is 12.3. The molecule has 0 aliphatic rings. The standard InChI is InChI=1S/C13H13FN2O2/c1-8-4-3-5-11(12(8)14)13(17)15-7-10-6-9(2)18-16-10/h3-6H,7H2,1-2H3,(H,15,17). The maximum atomic E-state index is 13.7. The molecule has 1 aromatic heterocycles. The predicted molar refractivity (Wildman–Crippen MR) is 63.5 cm³/mol. The molecule has 0 fully saturated rings. The zero-order valence-corrected chi connectivity index (χ0v) is 10.2. The molecule has 0 aliphatic heterocycles. The van der Waals surface area contributed by atoms with E-state index in [1.165, 1.54) is 6.07 Å². The van der Waals surface area contributed by atoms with Crippen LogP contribution in [0.2, 0.25) is 0 Å². The second kappa shape index (κ2) is 5.00. The van der Waals surface area contributed by atoms with E-state index in [4.69, 9.17) is 4.52 Å². The fourth-order valence-electron chi connectivity index (χ4n) is 1.59. The zero-order valence-electron chi connectivity index (χ0n) is 10.2. The molecule has 0 atom stereocenters. The first-order valence-electron chi connectivity index (χ1n) is 5.53. The number of nitrogens with one attached hydrogen (secondary N) is 1. The fourth-order valence-corrected chi connectivity index (χ4v) is 1.59. The third kappa shape index (κ3) is 2.56. The van der Waals surface area contributed by atoms with E-state index in [9.17, 15) is 9.18 Å². The summed E-state index contributed by atoms with van der Waals surface area (Å²) in [6, 6.07) is 6.43. The van der Waals surface area contributed by atoms with E-state index in [0.717, 1.165) is 0 Å². The van der Waals surface area contributed by atoms with E-state index in [1.54, 1.807) is 32.0 Å². The van der Waals surface area contributed by atoms with Gasteiger partial charge in [-0.15, -0.1) is 0 Å². The monoisotopic (exact) mass is 248 g/mol. The van der Waals surface area contributed by atoms with Crippen LogP contribution < -0.4 is 5.32 Å². The third-order valence-corrected chi connectivity index (χ3v) is 2.54. The highest BCUT2D eigenvalue weighted by Gasteiger charge is 2.13. The van der Waals surface area contributed by atoms with Crippen molar-refractivity contribution in [3.8, 4) is 0 Å². The number of amides is 1. The summed E-state index contributed by atoms with van der Waals surface area (Å²) in [6.45, 7) is 3.59. The molecule has 0 aliphatic carbocycles. The van der Waals surface area contributed by atoms with Crippen LogP contribution in [0.5, 0.6) is 0 Å². The molecular weight excluding hydrogens is 235 g/mol. The summed E-state index contributed by atoms with van der Waals surface area (Å²) in [6.07, 6.45) is 0. The summed E-state index contributed by atoms with van der Waals surface area (Å²) in [5.41, 5.74) is 1.09. The van der Waals surface area contributed by atoms with Gasteiger partial charge in [0.05, 0.1) is 12.1 Å². The van der Waals surface area contributed by atoms with Gasteiger partial charge in [-0.1, -0.05) is 17.3 Å². The molecule has 1 aromatic carbocycles. The van der Waals surface area contributed by atoms with Crippen LogP contribution in [0.1, 0.15) is 27.4 Å². The van der Waals surface area contributed by atoms with Gasteiger partial charge in [0, 0.05) is 6.07 Å². The van der Waals surface area contributed by atoms with Gasteiger partial charge in [0.1, 0.15) is 17.3 Å². The predicted octanol–water partition coefficient (Wildman–Crippen LogP) is 2.36. The van der Waals surface area contributed by atoms with Crippen molar-refractivity contribution in [1.29, 1.82) is 0 Å². The molecule has 1 heterocycles. The van der Waals surface area contributed by atoms with Crippen LogP contribution in [0, 0.1) is 19.7 Å². The Kier molecular flexibility index (Phi) is 3.41. The Hall–Kier alpha value is -2.17. The Bertz CT molecular complexity index is 578. The number of aromatic nitrogens is 1. The molecule has 0 spiro atoms. The van der Waals surface area contributed by atoms with Crippen LogP contribution in [0.3, 0.4) is 0 Å². The molecule has 4 nitrogen and oxygen atoms in total. The topological polar surface area (TPSA) is 55.1 Å². The number of halogens is 1. The molecule has 2 rings (SSSR count). The molecule has 94 valence electrons. The number of aryl methyl sites for hydroxylation is 2. The molecule has 1 amide bonds. The number of rotatable bonds is 3. The van der Waals surface area contributed by atoms with Gasteiger partial charge in [-0.05, 0) is 25.5 Å². The van der Waals surface area contributed by atoms with Crippen molar-refractivity contribution in [1.82, 2.24) is 10.5 Å². The van der Waals surface area contributed by atoms with Gasteiger partial charge in [0.2, 0.25) is 0 Å². The lowest BCUT2D eigenvalue weighted by molar-refractivity contribution is 0.0946. The second-order valence-electron chi connectivity index (χ2n) is 4.05. The number of nitrogens with zero attached hydrogens (tertiary/aromatic N) is 1. The second-order valence-corrected chi connectivity index (χ2v) is 4.05. The van der Waals surface area contributed by atoms with Crippen molar-refractivity contribution in [2.24, 2.45) is 0 Å². The molecular formula is C13H13FN2O2. The highest BCUT2D eigenvalue weighted by atomic mass is 19.1. The van der Waals surface area contributed by atoms with Crippen LogP contribution in [-0.4, -0.2) is 11.1 Å². The average molecular weight is 248 g/mol. The highest BCUT2D eigenvalue weighted by Crippen LogP contribution is 2.12. The Morgan fingerprint density at radius 2 is 2.22 bits per heavy atom. The minimum absolute atomic E-state index is 0.0372. The SMILES string of the molecule is Cc1cc(CNC(=O)c2cccc(C)c2F)no1.